The van der Waals surface area contributed by atoms with Gasteiger partial charge in [0.2, 0.25) is 5.91 Å². The van der Waals surface area contributed by atoms with E-state index in [0.29, 0.717) is 28.3 Å². The Hall–Kier alpha value is -2.66. The fourth-order valence-corrected chi connectivity index (χ4v) is 3.34. The van der Waals surface area contributed by atoms with Crippen LogP contribution >= 0.6 is 11.6 Å². The zero-order chi connectivity index (χ0) is 19.7. The number of hydrogen-bond donors (Lipinski definition) is 1. The summed E-state index contributed by atoms with van der Waals surface area (Å²) < 4.78 is 0. The van der Waals surface area contributed by atoms with E-state index < -0.39 is 23.8 Å². The summed E-state index contributed by atoms with van der Waals surface area (Å²) in [5, 5.41) is 3.33. The SMILES string of the molecule is Cc1ccc(NC(=O)[C@@H](CC(C)C)N2C(=O)c3ccccc3C2=O)cc1Cl. The average molecular weight is 385 g/mol. The highest BCUT2D eigenvalue weighted by Gasteiger charge is 2.42. The van der Waals surface area contributed by atoms with Gasteiger partial charge in [0.15, 0.2) is 0 Å². The predicted octanol–water partition coefficient (Wildman–Crippen LogP) is 4.30. The average Bonchev–Trinajstić information content (AvgIpc) is 2.87. The van der Waals surface area contributed by atoms with Crippen LogP contribution in [-0.4, -0.2) is 28.7 Å². The maximum Gasteiger partial charge on any atom is 0.262 e. The van der Waals surface area contributed by atoms with Crippen LogP contribution in [0.3, 0.4) is 0 Å². The fraction of sp³-hybridized carbons (Fsp3) is 0.286. The Morgan fingerprint density at radius 3 is 2.19 bits per heavy atom. The molecule has 3 amide bonds. The van der Waals surface area contributed by atoms with E-state index in [1.807, 2.05) is 20.8 Å². The summed E-state index contributed by atoms with van der Waals surface area (Å²) in [4.78, 5) is 39.6. The van der Waals surface area contributed by atoms with Crippen LogP contribution in [-0.2, 0) is 4.79 Å². The van der Waals surface area contributed by atoms with Crippen molar-refractivity contribution in [2.24, 2.45) is 5.92 Å². The van der Waals surface area contributed by atoms with E-state index in [2.05, 4.69) is 5.32 Å². The Bertz CT molecular complexity index is 888. The molecule has 0 unspecified atom stereocenters. The Balaban J connectivity index is 1.90. The van der Waals surface area contributed by atoms with Crippen LogP contribution in [0, 0.1) is 12.8 Å². The number of rotatable bonds is 5. The van der Waals surface area contributed by atoms with Crippen molar-refractivity contribution >= 4 is 35.0 Å². The molecule has 1 heterocycles. The van der Waals surface area contributed by atoms with E-state index in [1.165, 1.54) is 0 Å². The zero-order valence-corrected chi connectivity index (χ0v) is 16.2. The van der Waals surface area contributed by atoms with E-state index in [0.717, 1.165) is 10.5 Å². The number of imide groups is 1. The fourth-order valence-electron chi connectivity index (χ4n) is 3.16. The lowest BCUT2D eigenvalue weighted by molar-refractivity contribution is -0.120. The van der Waals surface area contributed by atoms with Crippen molar-refractivity contribution in [3.05, 3.63) is 64.2 Å². The lowest BCUT2D eigenvalue weighted by Crippen LogP contribution is -2.47. The number of amides is 3. The number of aryl methyl sites for hydroxylation is 1. The molecule has 0 fully saturated rings. The third kappa shape index (κ3) is 3.74. The minimum absolute atomic E-state index is 0.117. The molecule has 0 bridgehead atoms. The van der Waals surface area contributed by atoms with Crippen molar-refractivity contribution in [2.75, 3.05) is 5.32 Å². The number of halogens is 1. The molecule has 3 rings (SSSR count). The smallest absolute Gasteiger partial charge is 0.262 e. The van der Waals surface area contributed by atoms with E-state index in [1.54, 1.807) is 42.5 Å². The molecular formula is C21H21ClN2O3. The third-order valence-corrected chi connectivity index (χ3v) is 4.98. The van der Waals surface area contributed by atoms with Crippen LogP contribution in [0.2, 0.25) is 5.02 Å². The highest BCUT2D eigenvalue weighted by molar-refractivity contribution is 6.31. The van der Waals surface area contributed by atoms with Crippen LogP contribution in [0.4, 0.5) is 5.69 Å². The first-order valence-electron chi connectivity index (χ1n) is 8.83. The van der Waals surface area contributed by atoms with Gasteiger partial charge < -0.3 is 5.32 Å². The van der Waals surface area contributed by atoms with Crippen molar-refractivity contribution in [3.8, 4) is 0 Å². The monoisotopic (exact) mass is 384 g/mol. The molecule has 1 N–H and O–H groups in total. The zero-order valence-electron chi connectivity index (χ0n) is 15.5. The molecule has 0 aliphatic carbocycles. The summed E-state index contributed by atoms with van der Waals surface area (Å²) in [7, 11) is 0. The number of benzene rings is 2. The summed E-state index contributed by atoms with van der Waals surface area (Å²) in [6.45, 7) is 5.76. The number of anilines is 1. The van der Waals surface area contributed by atoms with E-state index in [9.17, 15) is 14.4 Å². The first kappa shape index (κ1) is 19.1. The van der Waals surface area contributed by atoms with Gasteiger partial charge in [-0.05, 0) is 49.1 Å². The van der Waals surface area contributed by atoms with Crippen molar-refractivity contribution in [1.82, 2.24) is 4.90 Å². The van der Waals surface area contributed by atoms with Gasteiger partial charge in [0, 0.05) is 10.7 Å². The second-order valence-electron chi connectivity index (χ2n) is 7.12. The normalized spacial score (nSPS) is 14.5. The quantitative estimate of drug-likeness (QED) is 0.781. The molecule has 1 aliphatic rings. The van der Waals surface area contributed by atoms with Crippen molar-refractivity contribution in [1.29, 1.82) is 0 Å². The van der Waals surface area contributed by atoms with Crippen molar-refractivity contribution in [2.45, 2.75) is 33.2 Å². The summed E-state index contributed by atoms with van der Waals surface area (Å²) in [5.74, 6) is -1.15. The molecular weight excluding hydrogens is 364 g/mol. The molecule has 2 aromatic rings. The van der Waals surface area contributed by atoms with Gasteiger partial charge >= 0.3 is 0 Å². The molecule has 0 spiro atoms. The molecule has 27 heavy (non-hydrogen) atoms. The number of hydrogen-bond acceptors (Lipinski definition) is 3. The lowest BCUT2D eigenvalue weighted by atomic mass is 10.0. The Kier molecular flexibility index (Phi) is 5.33. The summed E-state index contributed by atoms with van der Waals surface area (Å²) in [5.41, 5.74) is 2.10. The minimum Gasteiger partial charge on any atom is -0.324 e. The van der Waals surface area contributed by atoms with Gasteiger partial charge in [-0.15, -0.1) is 0 Å². The van der Waals surface area contributed by atoms with Crippen molar-refractivity contribution < 1.29 is 14.4 Å². The molecule has 0 saturated heterocycles. The molecule has 0 aromatic heterocycles. The third-order valence-electron chi connectivity index (χ3n) is 4.57. The van der Waals surface area contributed by atoms with Crippen LogP contribution in [0.5, 0.6) is 0 Å². The van der Waals surface area contributed by atoms with Crippen LogP contribution < -0.4 is 5.32 Å². The minimum atomic E-state index is -0.891. The number of fused-ring (bicyclic) bond motifs is 1. The van der Waals surface area contributed by atoms with Gasteiger partial charge in [0.05, 0.1) is 11.1 Å². The summed E-state index contributed by atoms with van der Waals surface area (Å²) in [6.07, 6.45) is 0.372. The van der Waals surface area contributed by atoms with E-state index in [4.69, 9.17) is 11.6 Å². The second-order valence-corrected chi connectivity index (χ2v) is 7.53. The lowest BCUT2D eigenvalue weighted by Gasteiger charge is -2.26. The van der Waals surface area contributed by atoms with Gasteiger partial charge in [0.25, 0.3) is 11.8 Å². The first-order chi connectivity index (χ1) is 12.8. The number of nitrogens with one attached hydrogen (secondary N) is 1. The van der Waals surface area contributed by atoms with Gasteiger partial charge in [0.1, 0.15) is 6.04 Å². The highest BCUT2D eigenvalue weighted by atomic mass is 35.5. The largest absolute Gasteiger partial charge is 0.324 e. The van der Waals surface area contributed by atoms with Crippen molar-refractivity contribution in [3.63, 3.8) is 0 Å². The summed E-state index contributed by atoms with van der Waals surface area (Å²) in [6, 6.07) is 10.9. The Labute approximate surface area is 163 Å². The van der Waals surface area contributed by atoms with Crippen LogP contribution in [0.15, 0.2) is 42.5 Å². The number of carbonyl (C=O) groups is 3. The molecule has 140 valence electrons. The van der Waals surface area contributed by atoms with E-state index in [-0.39, 0.29) is 5.92 Å². The Morgan fingerprint density at radius 2 is 1.67 bits per heavy atom. The van der Waals surface area contributed by atoms with Gasteiger partial charge in [-0.2, -0.15) is 0 Å². The van der Waals surface area contributed by atoms with Gasteiger partial charge in [-0.1, -0.05) is 43.6 Å². The molecule has 0 saturated carbocycles. The maximum atomic E-state index is 13.0. The summed E-state index contributed by atoms with van der Waals surface area (Å²) >= 11 is 6.13. The van der Waals surface area contributed by atoms with Gasteiger partial charge in [-0.3, -0.25) is 19.3 Å². The predicted molar refractivity (Wildman–Crippen MR) is 105 cm³/mol. The molecule has 6 heteroatoms. The standard InChI is InChI=1S/C21H21ClN2O3/c1-12(2)10-18(19(25)23-14-9-8-13(3)17(22)11-14)24-20(26)15-6-4-5-7-16(15)21(24)27/h4-9,11-12,18H,10H2,1-3H3,(H,23,25)/t18-/m1/s1. The van der Waals surface area contributed by atoms with Gasteiger partial charge in [-0.25, -0.2) is 0 Å². The molecule has 0 radical (unpaired) electrons. The number of nitrogens with zero attached hydrogens (tertiary/aromatic N) is 1. The molecule has 5 nitrogen and oxygen atoms in total. The first-order valence-corrected chi connectivity index (χ1v) is 9.21. The second kappa shape index (κ2) is 7.53. The van der Waals surface area contributed by atoms with Crippen LogP contribution in [0.25, 0.3) is 0 Å². The van der Waals surface area contributed by atoms with E-state index >= 15 is 0 Å². The van der Waals surface area contributed by atoms with Crippen LogP contribution in [0.1, 0.15) is 46.5 Å². The maximum absolute atomic E-state index is 13.0. The Morgan fingerprint density at radius 1 is 1.07 bits per heavy atom. The molecule has 2 aromatic carbocycles. The molecule has 1 aliphatic heterocycles. The topological polar surface area (TPSA) is 66.5 Å². The number of carbonyl (C=O) groups excluding carboxylic acids is 3. The highest BCUT2D eigenvalue weighted by Crippen LogP contribution is 2.28. The molecule has 1 atom stereocenters.